The van der Waals surface area contributed by atoms with Crippen LogP contribution in [0.15, 0.2) is 35.7 Å². The van der Waals surface area contributed by atoms with Gasteiger partial charge in [0.2, 0.25) is 0 Å². The zero-order valence-corrected chi connectivity index (χ0v) is 13.4. The van der Waals surface area contributed by atoms with E-state index < -0.39 is 5.92 Å². The van der Waals surface area contributed by atoms with Crippen molar-refractivity contribution in [1.82, 2.24) is 0 Å². The summed E-state index contributed by atoms with van der Waals surface area (Å²) in [6, 6.07) is 11.9. The fraction of sp³-hybridized carbons (Fsp3) is 0.333. The zero-order chi connectivity index (χ0) is 15.4. The summed E-state index contributed by atoms with van der Waals surface area (Å²) in [6.45, 7) is 6.28. The van der Waals surface area contributed by atoms with Crippen molar-refractivity contribution >= 4 is 17.1 Å². The van der Waals surface area contributed by atoms with Crippen LogP contribution in [-0.2, 0) is 6.42 Å². The van der Waals surface area contributed by atoms with Gasteiger partial charge in [-0.1, -0.05) is 45.0 Å². The van der Waals surface area contributed by atoms with E-state index in [9.17, 15) is 10.1 Å². The minimum atomic E-state index is -0.713. The van der Waals surface area contributed by atoms with Crippen LogP contribution < -0.4 is 0 Å². The van der Waals surface area contributed by atoms with Crippen LogP contribution in [0.2, 0.25) is 0 Å². The third kappa shape index (κ3) is 3.22. The lowest BCUT2D eigenvalue weighted by Crippen LogP contribution is -2.11. The second kappa shape index (κ2) is 6.69. The van der Waals surface area contributed by atoms with Crippen LogP contribution >= 0.6 is 11.3 Å². The number of Topliss-reactive ketones (excluding diaryl/α,β-unsaturated/α-hetero) is 1. The molecule has 0 aliphatic carbocycles. The van der Waals surface area contributed by atoms with Crippen LogP contribution in [0.4, 0.5) is 0 Å². The topological polar surface area (TPSA) is 40.9 Å². The SMILES string of the molecule is CCc1ccsc1C(=O)C(C#N)c1ccc(C(C)C)cc1. The van der Waals surface area contributed by atoms with Crippen LogP contribution in [0.5, 0.6) is 0 Å². The van der Waals surface area contributed by atoms with Gasteiger partial charge >= 0.3 is 0 Å². The summed E-state index contributed by atoms with van der Waals surface area (Å²) in [6.07, 6.45) is 0.814. The van der Waals surface area contributed by atoms with Gasteiger partial charge in [0.1, 0.15) is 5.92 Å². The highest BCUT2D eigenvalue weighted by molar-refractivity contribution is 7.12. The molecule has 0 radical (unpaired) electrons. The summed E-state index contributed by atoms with van der Waals surface area (Å²) in [7, 11) is 0. The molecule has 2 rings (SSSR count). The Balaban J connectivity index is 2.32. The normalized spacial score (nSPS) is 12.1. The first kappa shape index (κ1) is 15.5. The number of hydrogen-bond donors (Lipinski definition) is 0. The molecule has 0 fully saturated rings. The zero-order valence-electron chi connectivity index (χ0n) is 12.6. The average molecular weight is 297 g/mol. The lowest BCUT2D eigenvalue weighted by molar-refractivity contribution is 0.0982. The van der Waals surface area contributed by atoms with Crippen LogP contribution in [0, 0.1) is 11.3 Å². The number of aryl methyl sites for hydroxylation is 1. The largest absolute Gasteiger partial charge is 0.291 e. The molecule has 0 aliphatic heterocycles. The number of thiophene rings is 1. The second-order valence-corrected chi connectivity index (χ2v) is 6.29. The Hall–Kier alpha value is -1.92. The van der Waals surface area contributed by atoms with E-state index in [0.29, 0.717) is 5.92 Å². The molecular formula is C18H19NOS. The van der Waals surface area contributed by atoms with Gasteiger partial charge in [-0.3, -0.25) is 4.79 Å². The minimum absolute atomic E-state index is 0.0818. The van der Waals surface area contributed by atoms with E-state index in [1.807, 2.05) is 42.6 Å². The minimum Gasteiger partial charge on any atom is -0.291 e. The van der Waals surface area contributed by atoms with Crippen LogP contribution in [0.25, 0.3) is 0 Å². The first-order valence-electron chi connectivity index (χ1n) is 7.18. The smallest absolute Gasteiger partial charge is 0.194 e. The molecule has 1 aromatic carbocycles. The monoisotopic (exact) mass is 297 g/mol. The van der Waals surface area contributed by atoms with E-state index in [1.54, 1.807) is 0 Å². The Bertz CT molecular complexity index is 661. The van der Waals surface area contributed by atoms with Gasteiger partial charge in [0.15, 0.2) is 5.78 Å². The number of hydrogen-bond acceptors (Lipinski definition) is 3. The quantitative estimate of drug-likeness (QED) is 0.735. The van der Waals surface area contributed by atoms with Crippen molar-refractivity contribution in [2.24, 2.45) is 0 Å². The molecule has 1 atom stereocenters. The highest BCUT2D eigenvalue weighted by Gasteiger charge is 2.24. The maximum Gasteiger partial charge on any atom is 0.194 e. The summed E-state index contributed by atoms with van der Waals surface area (Å²) < 4.78 is 0. The molecule has 2 nitrogen and oxygen atoms in total. The third-order valence-corrected chi connectivity index (χ3v) is 4.65. The Morgan fingerprint density at radius 3 is 2.33 bits per heavy atom. The van der Waals surface area contributed by atoms with Crippen molar-refractivity contribution in [3.05, 3.63) is 57.3 Å². The maximum atomic E-state index is 12.6. The molecule has 1 heterocycles. The number of rotatable bonds is 5. The molecule has 1 unspecified atom stereocenters. The van der Waals surface area contributed by atoms with Crippen molar-refractivity contribution in [3.63, 3.8) is 0 Å². The van der Waals surface area contributed by atoms with Gasteiger partial charge < -0.3 is 0 Å². The van der Waals surface area contributed by atoms with E-state index in [1.165, 1.54) is 16.9 Å². The summed E-state index contributed by atoms with van der Waals surface area (Å²) in [4.78, 5) is 13.3. The van der Waals surface area contributed by atoms with Gasteiger partial charge in [0.05, 0.1) is 10.9 Å². The molecule has 0 saturated heterocycles. The fourth-order valence-corrected chi connectivity index (χ4v) is 3.29. The Morgan fingerprint density at radius 1 is 1.19 bits per heavy atom. The lowest BCUT2D eigenvalue weighted by atomic mass is 9.91. The average Bonchev–Trinajstić information content (AvgIpc) is 2.96. The van der Waals surface area contributed by atoms with Crippen molar-refractivity contribution in [1.29, 1.82) is 5.26 Å². The predicted molar refractivity (Wildman–Crippen MR) is 86.9 cm³/mol. The van der Waals surface area contributed by atoms with Gasteiger partial charge in [-0.05, 0) is 40.5 Å². The van der Waals surface area contributed by atoms with E-state index in [4.69, 9.17) is 0 Å². The summed E-state index contributed by atoms with van der Waals surface area (Å²) in [5.41, 5.74) is 3.03. The summed E-state index contributed by atoms with van der Waals surface area (Å²) >= 11 is 1.43. The van der Waals surface area contributed by atoms with Gasteiger partial charge in [-0.25, -0.2) is 0 Å². The standard InChI is InChI=1S/C18H19NOS/c1-4-13-9-10-21-18(13)17(20)16(11-19)15-7-5-14(6-8-15)12(2)3/h5-10,12,16H,4H2,1-3H3. The van der Waals surface area contributed by atoms with Gasteiger partial charge in [0, 0.05) is 0 Å². The number of carbonyl (C=O) groups is 1. The van der Waals surface area contributed by atoms with E-state index in [2.05, 4.69) is 19.9 Å². The van der Waals surface area contributed by atoms with Gasteiger partial charge in [0.25, 0.3) is 0 Å². The molecule has 108 valence electrons. The van der Waals surface area contributed by atoms with E-state index in [-0.39, 0.29) is 5.78 Å². The van der Waals surface area contributed by atoms with E-state index in [0.717, 1.165) is 22.4 Å². The van der Waals surface area contributed by atoms with Gasteiger partial charge in [-0.2, -0.15) is 5.26 Å². The first-order valence-corrected chi connectivity index (χ1v) is 8.06. The number of nitrogens with zero attached hydrogens (tertiary/aromatic N) is 1. The van der Waals surface area contributed by atoms with Gasteiger partial charge in [-0.15, -0.1) is 11.3 Å². The Labute approximate surface area is 130 Å². The predicted octanol–water partition coefficient (Wildman–Crippen LogP) is 4.92. The second-order valence-electron chi connectivity index (χ2n) is 5.38. The Morgan fingerprint density at radius 2 is 1.81 bits per heavy atom. The molecule has 0 saturated carbocycles. The molecular weight excluding hydrogens is 278 g/mol. The molecule has 0 bridgehead atoms. The lowest BCUT2D eigenvalue weighted by Gasteiger charge is -2.11. The maximum absolute atomic E-state index is 12.6. The number of benzene rings is 1. The highest BCUT2D eigenvalue weighted by atomic mass is 32.1. The molecule has 2 aromatic rings. The van der Waals surface area contributed by atoms with Crippen LogP contribution in [0.1, 0.15) is 59.0 Å². The van der Waals surface area contributed by atoms with E-state index >= 15 is 0 Å². The molecule has 21 heavy (non-hydrogen) atoms. The number of ketones is 1. The summed E-state index contributed by atoms with van der Waals surface area (Å²) in [5, 5.41) is 11.3. The molecule has 0 N–H and O–H groups in total. The first-order chi connectivity index (χ1) is 10.1. The molecule has 3 heteroatoms. The third-order valence-electron chi connectivity index (χ3n) is 3.68. The molecule has 0 spiro atoms. The molecule has 1 aromatic heterocycles. The van der Waals surface area contributed by atoms with Crippen LogP contribution in [0.3, 0.4) is 0 Å². The highest BCUT2D eigenvalue weighted by Crippen LogP contribution is 2.27. The van der Waals surface area contributed by atoms with Crippen LogP contribution in [-0.4, -0.2) is 5.78 Å². The number of nitriles is 1. The molecule has 0 amide bonds. The van der Waals surface area contributed by atoms with Crippen molar-refractivity contribution in [2.45, 2.75) is 39.0 Å². The molecule has 0 aliphatic rings. The van der Waals surface area contributed by atoms with Crippen molar-refractivity contribution in [2.75, 3.05) is 0 Å². The fourth-order valence-electron chi connectivity index (χ4n) is 2.32. The van der Waals surface area contributed by atoms with Crippen molar-refractivity contribution in [3.8, 4) is 6.07 Å². The summed E-state index contributed by atoms with van der Waals surface area (Å²) in [5.74, 6) is -0.351. The number of carbonyl (C=O) groups excluding carboxylic acids is 1. The van der Waals surface area contributed by atoms with Crippen molar-refractivity contribution < 1.29 is 4.79 Å². The Kier molecular flexibility index (Phi) is 4.93.